The molecule has 0 atom stereocenters. The molecule has 0 unspecified atom stereocenters. The smallest absolute Gasteiger partial charge is 0.343 e. The molecule has 0 saturated heterocycles. The fraction of sp³-hybridized carbons (Fsp3) is 0.0769. The summed E-state index contributed by atoms with van der Waals surface area (Å²) in [6.07, 6.45) is 1.02. The topological polar surface area (TPSA) is 114 Å². The van der Waals surface area contributed by atoms with Gasteiger partial charge in [0.05, 0.1) is 18.4 Å². The van der Waals surface area contributed by atoms with E-state index in [0.717, 1.165) is 6.21 Å². The molecule has 1 amide bonds. The zero-order chi connectivity index (χ0) is 24.3. The van der Waals surface area contributed by atoms with E-state index in [0.29, 0.717) is 11.1 Å². The van der Waals surface area contributed by atoms with Crippen LogP contribution in [0.2, 0.25) is 0 Å². The Bertz CT molecular complexity index is 1200. The van der Waals surface area contributed by atoms with Gasteiger partial charge in [-0.05, 0) is 43.3 Å². The first-order chi connectivity index (χ1) is 16.5. The number of hydrogen-bond donors (Lipinski definition) is 2. The van der Waals surface area contributed by atoms with Crippen molar-refractivity contribution in [3.05, 3.63) is 107 Å². The summed E-state index contributed by atoms with van der Waals surface area (Å²) >= 11 is 0. The highest BCUT2D eigenvalue weighted by Gasteiger charge is 2.16. The minimum Gasteiger partial charge on any atom is -0.506 e. The summed E-state index contributed by atoms with van der Waals surface area (Å²) in [5.41, 5.74) is 3.12. The van der Waals surface area contributed by atoms with Crippen LogP contribution < -0.4 is 10.2 Å². The second-order valence-electron chi connectivity index (χ2n) is 6.83. The standard InChI is InChI=1S/C26H22N2O6/c1-2-33-26(32)22(23(29)18-9-5-3-6-10-18)17-27-28-24(30)19-13-15-21(16-14-19)34-25(31)20-11-7-4-8-12-20/h3-17,29H,2H2,1H3,(H,28,30). The molecule has 2 N–H and O–H groups in total. The van der Waals surface area contributed by atoms with Crippen LogP contribution in [-0.2, 0) is 9.53 Å². The number of aliphatic hydroxyl groups excluding tert-OH is 1. The number of hydrazone groups is 1. The zero-order valence-corrected chi connectivity index (χ0v) is 18.3. The van der Waals surface area contributed by atoms with Gasteiger partial charge < -0.3 is 14.6 Å². The van der Waals surface area contributed by atoms with Crippen LogP contribution in [0.15, 0.2) is 95.6 Å². The predicted octanol–water partition coefficient (Wildman–Crippen LogP) is 4.15. The largest absolute Gasteiger partial charge is 0.506 e. The summed E-state index contributed by atoms with van der Waals surface area (Å²) in [6, 6.07) is 22.8. The number of rotatable bonds is 8. The van der Waals surface area contributed by atoms with Gasteiger partial charge >= 0.3 is 11.9 Å². The highest BCUT2D eigenvalue weighted by atomic mass is 16.5. The number of ether oxygens (including phenoxy) is 2. The van der Waals surface area contributed by atoms with Crippen LogP contribution in [-0.4, -0.2) is 35.8 Å². The lowest BCUT2D eigenvalue weighted by molar-refractivity contribution is -0.137. The number of carbonyl (C=O) groups is 3. The Morgan fingerprint density at radius 3 is 2.03 bits per heavy atom. The molecule has 3 aromatic rings. The summed E-state index contributed by atoms with van der Waals surface area (Å²) < 4.78 is 10.2. The van der Waals surface area contributed by atoms with E-state index >= 15 is 0 Å². The van der Waals surface area contributed by atoms with Gasteiger partial charge in [-0.1, -0.05) is 48.5 Å². The average Bonchev–Trinajstić information content (AvgIpc) is 2.87. The number of amides is 1. The van der Waals surface area contributed by atoms with Crippen molar-refractivity contribution >= 4 is 29.8 Å². The normalized spacial score (nSPS) is 11.4. The first-order valence-corrected chi connectivity index (χ1v) is 10.4. The molecule has 0 aliphatic rings. The first-order valence-electron chi connectivity index (χ1n) is 10.4. The maximum Gasteiger partial charge on any atom is 0.343 e. The van der Waals surface area contributed by atoms with Crippen molar-refractivity contribution in [3.8, 4) is 5.75 Å². The SMILES string of the molecule is CCOC(=O)C(C=NNC(=O)c1ccc(OC(=O)c2ccccc2)cc1)=C(O)c1ccccc1. The molecule has 3 rings (SSSR count). The van der Waals surface area contributed by atoms with Crippen LogP contribution in [0.4, 0.5) is 0 Å². The number of benzene rings is 3. The van der Waals surface area contributed by atoms with Crippen molar-refractivity contribution in [2.24, 2.45) is 5.10 Å². The van der Waals surface area contributed by atoms with Crippen molar-refractivity contribution in [3.63, 3.8) is 0 Å². The third-order valence-electron chi connectivity index (χ3n) is 4.49. The fourth-order valence-electron chi connectivity index (χ4n) is 2.81. The van der Waals surface area contributed by atoms with Crippen LogP contribution in [0, 0.1) is 0 Å². The van der Waals surface area contributed by atoms with E-state index < -0.39 is 17.8 Å². The number of hydrogen-bond acceptors (Lipinski definition) is 7. The van der Waals surface area contributed by atoms with E-state index in [4.69, 9.17) is 9.47 Å². The molecule has 172 valence electrons. The molecule has 0 saturated carbocycles. The second-order valence-corrected chi connectivity index (χ2v) is 6.83. The van der Waals surface area contributed by atoms with E-state index in [1.165, 1.54) is 24.3 Å². The van der Waals surface area contributed by atoms with E-state index in [9.17, 15) is 19.5 Å². The summed E-state index contributed by atoms with van der Waals surface area (Å²) in [4.78, 5) is 36.7. The summed E-state index contributed by atoms with van der Waals surface area (Å²) in [6.45, 7) is 1.74. The molecule has 0 fully saturated rings. The minimum atomic E-state index is -0.786. The fourth-order valence-corrected chi connectivity index (χ4v) is 2.81. The van der Waals surface area contributed by atoms with E-state index in [1.54, 1.807) is 67.6 Å². The second kappa shape index (κ2) is 11.8. The van der Waals surface area contributed by atoms with Crippen LogP contribution >= 0.6 is 0 Å². The quantitative estimate of drug-likeness (QED) is 0.131. The molecule has 0 heterocycles. The van der Waals surface area contributed by atoms with Gasteiger partial charge in [-0.15, -0.1) is 0 Å². The zero-order valence-electron chi connectivity index (χ0n) is 18.3. The van der Waals surface area contributed by atoms with Gasteiger partial charge in [0, 0.05) is 11.1 Å². The number of nitrogens with zero attached hydrogens (tertiary/aromatic N) is 1. The Morgan fingerprint density at radius 1 is 0.853 bits per heavy atom. The lowest BCUT2D eigenvalue weighted by Gasteiger charge is -2.07. The lowest BCUT2D eigenvalue weighted by atomic mass is 10.1. The van der Waals surface area contributed by atoms with Gasteiger partial charge in [-0.25, -0.2) is 15.0 Å². The summed E-state index contributed by atoms with van der Waals surface area (Å²) in [5, 5.41) is 14.3. The third kappa shape index (κ3) is 6.39. The van der Waals surface area contributed by atoms with Gasteiger partial charge in [-0.2, -0.15) is 5.10 Å². The molecule has 8 heteroatoms. The molecule has 34 heavy (non-hydrogen) atoms. The number of carbonyl (C=O) groups excluding carboxylic acids is 3. The number of nitrogens with one attached hydrogen (secondary N) is 1. The Morgan fingerprint density at radius 2 is 1.44 bits per heavy atom. The van der Waals surface area contributed by atoms with E-state index in [2.05, 4.69) is 10.5 Å². The highest BCUT2D eigenvalue weighted by molar-refractivity contribution is 6.15. The Balaban J connectivity index is 1.67. The molecule has 0 bridgehead atoms. The van der Waals surface area contributed by atoms with Gasteiger partial charge in [0.15, 0.2) is 0 Å². The Hall–Kier alpha value is -4.72. The van der Waals surface area contributed by atoms with Crippen molar-refractivity contribution in [1.82, 2.24) is 5.43 Å². The van der Waals surface area contributed by atoms with Crippen molar-refractivity contribution in [1.29, 1.82) is 0 Å². The molecule has 0 aliphatic carbocycles. The molecule has 0 spiro atoms. The first kappa shape index (κ1) is 23.9. The monoisotopic (exact) mass is 458 g/mol. The van der Waals surface area contributed by atoms with Crippen molar-refractivity contribution in [2.45, 2.75) is 6.92 Å². The lowest BCUT2D eigenvalue weighted by Crippen LogP contribution is -2.19. The average molecular weight is 458 g/mol. The minimum absolute atomic E-state index is 0.103. The van der Waals surface area contributed by atoms with Gasteiger partial charge in [0.25, 0.3) is 5.91 Å². The maximum atomic E-state index is 12.4. The van der Waals surface area contributed by atoms with Crippen molar-refractivity contribution in [2.75, 3.05) is 6.61 Å². The van der Waals surface area contributed by atoms with Gasteiger partial charge in [0.2, 0.25) is 0 Å². The van der Waals surface area contributed by atoms with Gasteiger partial charge in [-0.3, -0.25) is 4.79 Å². The molecule has 0 radical (unpaired) electrons. The van der Waals surface area contributed by atoms with Crippen LogP contribution in [0.1, 0.15) is 33.2 Å². The Labute approximate surface area is 196 Å². The third-order valence-corrected chi connectivity index (χ3v) is 4.49. The Kier molecular flexibility index (Phi) is 8.29. The van der Waals surface area contributed by atoms with Crippen molar-refractivity contribution < 1.29 is 29.0 Å². The number of esters is 2. The molecule has 3 aromatic carbocycles. The van der Waals surface area contributed by atoms with Crippen LogP contribution in [0.5, 0.6) is 5.75 Å². The molecular formula is C26H22N2O6. The van der Waals surface area contributed by atoms with Gasteiger partial charge in [0.1, 0.15) is 17.1 Å². The molecule has 0 aliphatic heterocycles. The van der Waals surface area contributed by atoms with E-state index in [1.807, 2.05) is 0 Å². The van der Waals surface area contributed by atoms with Crippen LogP contribution in [0.3, 0.4) is 0 Å². The highest BCUT2D eigenvalue weighted by Crippen LogP contribution is 2.16. The maximum absolute atomic E-state index is 12.4. The summed E-state index contributed by atoms with van der Waals surface area (Å²) in [7, 11) is 0. The van der Waals surface area contributed by atoms with Crippen LogP contribution in [0.25, 0.3) is 5.76 Å². The predicted molar refractivity (Wildman–Crippen MR) is 126 cm³/mol. The number of aliphatic hydroxyl groups is 1. The summed E-state index contributed by atoms with van der Waals surface area (Å²) in [5.74, 6) is -1.93. The molecular weight excluding hydrogens is 436 g/mol. The molecule has 0 aromatic heterocycles. The molecule has 8 nitrogen and oxygen atoms in total. The van der Waals surface area contributed by atoms with E-state index in [-0.39, 0.29) is 29.3 Å².